The molecule has 0 radical (unpaired) electrons. The second-order valence-electron chi connectivity index (χ2n) is 3.19. The first-order valence-corrected chi connectivity index (χ1v) is 4.34. The van der Waals surface area contributed by atoms with Crippen molar-refractivity contribution in [2.45, 2.75) is 18.9 Å². The largest absolute Gasteiger partial charge is 0.381 e. The second kappa shape index (κ2) is 3.89. The highest BCUT2D eigenvalue weighted by molar-refractivity contribution is 5.10. The summed E-state index contributed by atoms with van der Waals surface area (Å²) < 4.78 is 6.63. The Labute approximate surface area is 78.1 Å². The molecule has 0 fully saturated rings. The Balaban J connectivity index is 2.88. The third-order valence-corrected chi connectivity index (χ3v) is 2.16. The van der Waals surface area contributed by atoms with Gasteiger partial charge < -0.3 is 9.84 Å². The standard InChI is InChI=1S/C9H16N2O2/c1-4-9(12,7-13-3)8-5-6-11(2)10-8/h5-6,12H,4,7H2,1-3H3. The number of nitrogens with zero attached hydrogens (tertiary/aromatic N) is 2. The average Bonchev–Trinajstić information content (AvgIpc) is 2.52. The van der Waals surface area contributed by atoms with Gasteiger partial charge in [-0.1, -0.05) is 6.92 Å². The molecule has 1 N–H and O–H groups in total. The van der Waals surface area contributed by atoms with Gasteiger partial charge in [0, 0.05) is 20.4 Å². The number of aryl methyl sites for hydroxylation is 1. The van der Waals surface area contributed by atoms with E-state index in [4.69, 9.17) is 4.74 Å². The van der Waals surface area contributed by atoms with Gasteiger partial charge in [0.05, 0.1) is 12.3 Å². The third-order valence-electron chi connectivity index (χ3n) is 2.16. The minimum atomic E-state index is -0.948. The summed E-state index contributed by atoms with van der Waals surface area (Å²) in [4.78, 5) is 0. The van der Waals surface area contributed by atoms with Gasteiger partial charge in [0.15, 0.2) is 0 Å². The number of aromatic nitrogens is 2. The van der Waals surface area contributed by atoms with Gasteiger partial charge in [-0.15, -0.1) is 0 Å². The van der Waals surface area contributed by atoms with Crippen LogP contribution in [0.15, 0.2) is 12.3 Å². The maximum Gasteiger partial charge on any atom is 0.131 e. The maximum absolute atomic E-state index is 10.1. The summed E-state index contributed by atoms with van der Waals surface area (Å²) in [5.41, 5.74) is -0.282. The molecule has 0 aliphatic rings. The van der Waals surface area contributed by atoms with E-state index < -0.39 is 5.60 Å². The molecule has 0 amide bonds. The molecule has 1 heterocycles. The zero-order valence-electron chi connectivity index (χ0n) is 8.32. The van der Waals surface area contributed by atoms with Gasteiger partial charge >= 0.3 is 0 Å². The molecule has 1 aromatic rings. The van der Waals surface area contributed by atoms with Crippen LogP contribution in [0.5, 0.6) is 0 Å². The van der Waals surface area contributed by atoms with Crippen LogP contribution >= 0.6 is 0 Å². The summed E-state index contributed by atoms with van der Waals surface area (Å²) in [5, 5.41) is 14.3. The molecule has 1 atom stereocenters. The Morgan fingerprint density at radius 1 is 1.69 bits per heavy atom. The van der Waals surface area contributed by atoms with Crippen molar-refractivity contribution in [2.75, 3.05) is 13.7 Å². The Hall–Kier alpha value is -0.870. The zero-order valence-corrected chi connectivity index (χ0v) is 8.32. The lowest BCUT2D eigenvalue weighted by molar-refractivity contribution is -0.0421. The highest BCUT2D eigenvalue weighted by Crippen LogP contribution is 2.22. The van der Waals surface area contributed by atoms with Gasteiger partial charge in [0.2, 0.25) is 0 Å². The lowest BCUT2D eigenvalue weighted by atomic mass is 9.98. The van der Waals surface area contributed by atoms with E-state index in [1.165, 1.54) is 0 Å². The molecular formula is C9H16N2O2. The zero-order chi connectivity index (χ0) is 9.90. The van der Waals surface area contributed by atoms with Crippen LogP contribution in [0.4, 0.5) is 0 Å². The Kier molecular flexibility index (Phi) is 3.06. The van der Waals surface area contributed by atoms with E-state index in [2.05, 4.69) is 5.10 Å². The molecule has 0 aliphatic carbocycles. The number of hydrogen-bond acceptors (Lipinski definition) is 3. The SMILES string of the molecule is CCC(O)(COC)c1ccn(C)n1. The lowest BCUT2D eigenvalue weighted by Gasteiger charge is -2.23. The van der Waals surface area contributed by atoms with E-state index in [1.54, 1.807) is 11.8 Å². The number of methoxy groups -OCH3 is 1. The third kappa shape index (κ3) is 2.08. The van der Waals surface area contributed by atoms with Gasteiger partial charge in [-0.25, -0.2) is 0 Å². The highest BCUT2D eigenvalue weighted by Gasteiger charge is 2.29. The molecule has 13 heavy (non-hydrogen) atoms. The van der Waals surface area contributed by atoms with Crippen LogP contribution in [-0.4, -0.2) is 28.6 Å². The molecular weight excluding hydrogens is 168 g/mol. The molecule has 4 nitrogen and oxygen atoms in total. The van der Waals surface area contributed by atoms with Crippen molar-refractivity contribution in [3.63, 3.8) is 0 Å². The molecule has 0 saturated carbocycles. The lowest BCUT2D eigenvalue weighted by Crippen LogP contribution is -2.31. The van der Waals surface area contributed by atoms with E-state index in [1.807, 2.05) is 26.2 Å². The Bertz CT molecular complexity index is 272. The first-order valence-electron chi connectivity index (χ1n) is 4.34. The van der Waals surface area contributed by atoms with Crippen molar-refractivity contribution in [1.29, 1.82) is 0 Å². The van der Waals surface area contributed by atoms with Gasteiger partial charge in [-0.2, -0.15) is 5.10 Å². The van der Waals surface area contributed by atoms with Crippen LogP contribution in [0.25, 0.3) is 0 Å². The smallest absolute Gasteiger partial charge is 0.131 e. The van der Waals surface area contributed by atoms with Crippen molar-refractivity contribution in [1.82, 2.24) is 9.78 Å². The Morgan fingerprint density at radius 3 is 2.77 bits per heavy atom. The predicted octanol–water partition coefficient (Wildman–Crippen LogP) is 0.664. The van der Waals surface area contributed by atoms with Crippen molar-refractivity contribution in [3.8, 4) is 0 Å². The van der Waals surface area contributed by atoms with Crippen LogP contribution in [0, 0.1) is 0 Å². The van der Waals surface area contributed by atoms with Crippen molar-refractivity contribution >= 4 is 0 Å². The fraction of sp³-hybridized carbons (Fsp3) is 0.667. The summed E-state index contributed by atoms with van der Waals surface area (Å²) in [6.07, 6.45) is 2.41. The van der Waals surface area contributed by atoms with Gasteiger partial charge in [-0.3, -0.25) is 4.68 Å². The number of rotatable bonds is 4. The molecule has 0 aliphatic heterocycles. The molecule has 1 aromatic heterocycles. The van der Waals surface area contributed by atoms with E-state index in [-0.39, 0.29) is 6.61 Å². The molecule has 74 valence electrons. The summed E-state index contributed by atoms with van der Waals surface area (Å²) in [6, 6.07) is 1.81. The normalized spacial score (nSPS) is 15.7. The summed E-state index contributed by atoms with van der Waals surface area (Å²) in [7, 11) is 3.40. The number of hydrogen-bond donors (Lipinski definition) is 1. The molecule has 1 rings (SSSR count). The quantitative estimate of drug-likeness (QED) is 0.748. The van der Waals surface area contributed by atoms with Crippen molar-refractivity contribution in [2.24, 2.45) is 7.05 Å². The van der Waals surface area contributed by atoms with E-state index in [0.717, 1.165) is 0 Å². The monoisotopic (exact) mass is 184 g/mol. The van der Waals surface area contributed by atoms with Crippen LogP contribution in [0.2, 0.25) is 0 Å². The first kappa shape index (κ1) is 10.2. The molecule has 0 spiro atoms. The molecule has 4 heteroatoms. The topological polar surface area (TPSA) is 47.3 Å². The Morgan fingerprint density at radius 2 is 2.38 bits per heavy atom. The second-order valence-corrected chi connectivity index (χ2v) is 3.19. The summed E-state index contributed by atoms with van der Waals surface area (Å²) >= 11 is 0. The van der Waals surface area contributed by atoms with E-state index in [9.17, 15) is 5.11 Å². The molecule has 0 aromatic carbocycles. The molecule has 0 bridgehead atoms. The predicted molar refractivity (Wildman–Crippen MR) is 49.3 cm³/mol. The summed E-state index contributed by atoms with van der Waals surface area (Å²) in [5.74, 6) is 0. The van der Waals surface area contributed by atoms with Crippen molar-refractivity contribution in [3.05, 3.63) is 18.0 Å². The fourth-order valence-corrected chi connectivity index (χ4v) is 1.26. The van der Waals surface area contributed by atoms with E-state index >= 15 is 0 Å². The first-order chi connectivity index (χ1) is 6.12. The number of aliphatic hydroxyl groups is 1. The number of ether oxygens (including phenoxy) is 1. The van der Waals surface area contributed by atoms with Crippen LogP contribution in [0.1, 0.15) is 19.0 Å². The average molecular weight is 184 g/mol. The van der Waals surface area contributed by atoms with Gasteiger partial charge in [-0.05, 0) is 12.5 Å². The summed E-state index contributed by atoms with van der Waals surface area (Å²) in [6.45, 7) is 2.19. The fourth-order valence-electron chi connectivity index (χ4n) is 1.26. The minimum absolute atomic E-state index is 0.278. The van der Waals surface area contributed by atoms with E-state index in [0.29, 0.717) is 12.1 Å². The van der Waals surface area contributed by atoms with Gasteiger partial charge in [0.25, 0.3) is 0 Å². The van der Waals surface area contributed by atoms with Crippen LogP contribution < -0.4 is 0 Å². The highest BCUT2D eigenvalue weighted by atomic mass is 16.5. The van der Waals surface area contributed by atoms with Crippen LogP contribution in [-0.2, 0) is 17.4 Å². The molecule has 1 unspecified atom stereocenters. The van der Waals surface area contributed by atoms with Gasteiger partial charge in [0.1, 0.15) is 5.60 Å². The van der Waals surface area contributed by atoms with Crippen molar-refractivity contribution < 1.29 is 9.84 Å². The van der Waals surface area contributed by atoms with Crippen LogP contribution in [0.3, 0.4) is 0 Å². The maximum atomic E-state index is 10.1. The molecule has 0 saturated heterocycles. The minimum Gasteiger partial charge on any atom is -0.381 e.